The monoisotopic (exact) mass is 261 g/mol. The number of pyridine rings is 1. The maximum Gasteiger partial charge on any atom is 0.231 e. The van der Waals surface area contributed by atoms with Gasteiger partial charge in [-0.25, -0.2) is 0 Å². The van der Waals surface area contributed by atoms with Crippen LogP contribution < -0.4 is 9.47 Å². The minimum absolute atomic E-state index is 0. The third kappa shape index (κ3) is 2.63. The fraction of sp³-hybridized carbons (Fsp3) is 0.0714. The van der Waals surface area contributed by atoms with Crippen molar-refractivity contribution in [2.24, 2.45) is 0 Å². The molecular weight excluding hydrogens is 250 g/mol. The van der Waals surface area contributed by atoms with Gasteiger partial charge in [-0.2, -0.15) is 0 Å². The molecule has 2 heterocycles. The first-order valence-corrected chi connectivity index (χ1v) is 5.39. The number of benzene rings is 1. The minimum Gasteiger partial charge on any atom is -0.454 e. The Kier molecular flexibility index (Phi) is 3.85. The summed E-state index contributed by atoms with van der Waals surface area (Å²) in [5, 5.41) is 0. The van der Waals surface area contributed by atoms with Gasteiger partial charge in [0.2, 0.25) is 6.79 Å². The van der Waals surface area contributed by atoms with Gasteiger partial charge in [0, 0.05) is 12.4 Å². The van der Waals surface area contributed by atoms with Gasteiger partial charge in [-0.15, -0.1) is 12.4 Å². The predicted molar refractivity (Wildman–Crippen MR) is 73.0 cm³/mol. The summed E-state index contributed by atoms with van der Waals surface area (Å²) in [4.78, 5) is 3.98. The van der Waals surface area contributed by atoms with Gasteiger partial charge in [-0.1, -0.05) is 18.2 Å². The average Bonchev–Trinajstić information content (AvgIpc) is 2.85. The molecule has 4 heteroatoms. The van der Waals surface area contributed by atoms with Gasteiger partial charge in [-0.3, -0.25) is 4.98 Å². The molecule has 92 valence electrons. The molecule has 0 amide bonds. The number of rotatable bonds is 2. The summed E-state index contributed by atoms with van der Waals surface area (Å²) in [6, 6.07) is 9.83. The molecule has 18 heavy (non-hydrogen) atoms. The molecule has 1 aliphatic heterocycles. The number of halogens is 1. The van der Waals surface area contributed by atoms with Gasteiger partial charge >= 0.3 is 0 Å². The van der Waals surface area contributed by atoms with Crippen molar-refractivity contribution in [1.29, 1.82) is 0 Å². The van der Waals surface area contributed by atoms with Crippen LogP contribution >= 0.6 is 12.4 Å². The Labute approximate surface area is 111 Å². The molecule has 3 rings (SSSR count). The van der Waals surface area contributed by atoms with Crippen LogP contribution in [0.5, 0.6) is 11.5 Å². The minimum atomic E-state index is 0. The highest BCUT2D eigenvalue weighted by molar-refractivity contribution is 5.85. The van der Waals surface area contributed by atoms with E-state index in [1.807, 2.05) is 42.5 Å². The van der Waals surface area contributed by atoms with E-state index in [9.17, 15) is 0 Å². The molecule has 1 aromatic carbocycles. The number of hydrogen-bond acceptors (Lipinski definition) is 3. The van der Waals surface area contributed by atoms with Crippen LogP contribution in [0.3, 0.4) is 0 Å². The lowest BCUT2D eigenvalue weighted by Gasteiger charge is -1.97. The van der Waals surface area contributed by atoms with Gasteiger partial charge in [0.25, 0.3) is 0 Å². The van der Waals surface area contributed by atoms with E-state index in [0.29, 0.717) is 6.79 Å². The standard InChI is InChI=1S/C14H11NO2.ClH/c1(11-5-7-15-8-6-11)2-12-3-4-13-14(9-12)17-10-16-13;/h1-9H,10H2;1H. The second-order valence-electron chi connectivity index (χ2n) is 3.73. The first-order chi connectivity index (χ1) is 8.42. The third-order valence-electron chi connectivity index (χ3n) is 2.57. The highest BCUT2D eigenvalue weighted by Crippen LogP contribution is 2.32. The van der Waals surface area contributed by atoms with E-state index >= 15 is 0 Å². The predicted octanol–water partition coefficient (Wildman–Crippen LogP) is 3.40. The van der Waals surface area contributed by atoms with E-state index in [1.54, 1.807) is 12.4 Å². The van der Waals surface area contributed by atoms with E-state index in [-0.39, 0.29) is 12.4 Å². The topological polar surface area (TPSA) is 31.4 Å². The van der Waals surface area contributed by atoms with Crippen LogP contribution in [0.15, 0.2) is 42.7 Å². The zero-order chi connectivity index (χ0) is 11.5. The zero-order valence-corrected chi connectivity index (χ0v) is 10.4. The van der Waals surface area contributed by atoms with Crippen molar-refractivity contribution in [2.45, 2.75) is 0 Å². The largest absolute Gasteiger partial charge is 0.454 e. The molecule has 0 spiro atoms. The molecule has 3 nitrogen and oxygen atoms in total. The number of nitrogens with zero attached hydrogens (tertiary/aromatic N) is 1. The molecular formula is C14H12ClNO2. The molecule has 0 atom stereocenters. The van der Waals surface area contributed by atoms with E-state index in [1.165, 1.54) is 0 Å². The Morgan fingerprint density at radius 1 is 0.889 bits per heavy atom. The molecule has 0 fully saturated rings. The van der Waals surface area contributed by atoms with Gasteiger partial charge in [0.1, 0.15) is 0 Å². The molecule has 0 saturated carbocycles. The third-order valence-corrected chi connectivity index (χ3v) is 2.57. The van der Waals surface area contributed by atoms with Crippen LogP contribution in [0.2, 0.25) is 0 Å². The fourth-order valence-electron chi connectivity index (χ4n) is 1.68. The van der Waals surface area contributed by atoms with Gasteiger partial charge in [0.15, 0.2) is 11.5 Å². The summed E-state index contributed by atoms with van der Waals surface area (Å²) in [6.07, 6.45) is 7.63. The number of ether oxygens (including phenoxy) is 2. The highest BCUT2D eigenvalue weighted by Gasteiger charge is 2.11. The Morgan fingerprint density at radius 2 is 1.61 bits per heavy atom. The molecule has 0 N–H and O–H groups in total. The summed E-state index contributed by atoms with van der Waals surface area (Å²) in [6.45, 7) is 0.312. The lowest BCUT2D eigenvalue weighted by molar-refractivity contribution is 0.174. The lowest BCUT2D eigenvalue weighted by atomic mass is 10.1. The molecule has 2 aromatic rings. The molecule has 0 radical (unpaired) electrons. The van der Waals surface area contributed by atoms with Crippen molar-refractivity contribution >= 4 is 24.6 Å². The van der Waals surface area contributed by atoms with E-state index in [4.69, 9.17) is 9.47 Å². The quantitative estimate of drug-likeness (QED) is 0.830. The second-order valence-corrected chi connectivity index (χ2v) is 3.73. The molecule has 0 aliphatic carbocycles. The smallest absolute Gasteiger partial charge is 0.231 e. The first kappa shape index (κ1) is 12.5. The first-order valence-electron chi connectivity index (χ1n) is 5.39. The summed E-state index contributed by atoms with van der Waals surface area (Å²) >= 11 is 0. The number of aromatic nitrogens is 1. The van der Waals surface area contributed by atoms with Crippen molar-refractivity contribution in [1.82, 2.24) is 4.98 Å². The Morgan fingerprint density at radius 3 is 2.44 bits per heavy atom. The summed E-state index contributed by atoms with van der Waals surface area (Å²) in [5.74, 6) is 1.62. The highest BCUT2D eigenvalue weighted by atomic mass is 35.5. The Bertz CT molecular complexity index is 555. The molecule has 0 saturated heterocycles. The van der Waals surface area contributed by atoms with Crippen molar-refractivity contribution in [3.05, 3.63) is 53.9 Å². The molecule has 0 unspecified atom stereocenters. The summed E-state index contributed by atoms with van der Waals surface area (Å²) in [5.41, 5.74) is 2.21. The average molecular weight is 262 g/mol. The van der Waals surface area contributed by atoms with Crippen LogP contribution in [-0.4, -0.2) is 11.8 Å². The summed E-state index contributed by atoms with van der Waals surface area (Å²) < 4.78 is 10.6. The summed E-state index contributed by atoms with van der Waals surface area (Å²) in [7, 11) is 0. The van der Waals surface area contributed by atoms with Crippen molar-refractivity contribution in [3.8, 4) is 11.5 Å². The van der Waals surface area contributed by atoms with E-state index < -0.39 is 0 Å². The van der Waals surface area contributed by atoms with Crippen LogP contribution in [0, 0.1) is 0 Å². The second kappa shape index (κ2) is 5.56. The lowest BCUT2D eigenvalue weighted by Crippen LogP contribution is -1.92. The van der Waals surface area contributed by atoms with E-state index in [2.05, 4.69) is 4.98 Å². The van der Waals surface area contributed by atoms with Crippen molar-refractivity contribution in [3.63, 3.8) is 0 Å². The molecule has 0 bridgehead atoms. The van der Waals surface area contributed by atoms with Crippen molar-refractivity contribution < 1.29 is 9.47 Å². The van der Waals surface area contributed by atoms with Crippen LogP contribution in [-0.2, 0) is 0 Å². The van der Waals surface area contributed by atoms with Crippen molar-refractivity contribution in [2.75, 3.05) is 6.79 Å². The molecule has 1 aromatic heterocycles. The van der Waals surface area contributed by atoms with Crippen LogP contribution in [0.4, 0.5) is 0 Å². The van der Waals surface area contributed by atoms with Gasteiger partial charge < -0.3 is 9.47 Å². The normalized spacial score (nSPS) is 12.4. The van der Waals surface area contributed by atoms with Gasteiger partial charge in [-0.05, 0) is 35.4 Å². The van der Waals surface area contributed by atoms with Crippen LogP contribution in [0.1, 0.15) is 11.1 Å². The number of hydrogen-bond donors (Lipinski definition) is 0. The van der Waals surface area contributed by atoms with E-state index in [0.717, 1.165) is 22.6 Å². The Balaban J connectivity index is 0.00000120. The Hall–Kier alpha value is -2.00. The van der Waals surface area contributed by atoms with Crippen LogP contribution in [0.25, 0.3) is 12.2 Å². The SMILES string of the molecule is C(=Cc1ccc2c(c1)OCO2)c1ccncc1.Cl. The number of fused-ring (bicyclic) bond motifs is 1. The van der Waals surface area contributed by atoms with Gasteiger partial charge in [0.05, 0.1) is 0 Å². The zero-order valence-electron chi connectivity index (χ0n) is 9.58. The molecule has 1 aliphatic rings. The fourth-order valence-corrected chi connectivity index (χ4v) is 1.68. The maximum atomic E-state index is 5.33. The maximum absolute atomic E-state index is 5.33.